The third kappa shape index (κ3) is 4.65. The maximum absolute atomic E-state index is 14.8. The van der Waals surface area contributed by atoms with Crippen molar-refractivity contribution in [2.24, 2.45) is 24.4 Å². The molecular weight excluding hydrogens is 378 g/mol. The number of hydrogen-bond acceptors (Lipinski definition) is 5. The van der Waals surface area contributed by atoms with Crippen molar-refractivity contribution in [3.8, 4) is 0 Å². The minimum absolute atomic E-state index is 0.0102. The molecule has 0 radical (unpaired) electrons. The van der Waals surface area contributed by atoms with Gasteiger partial charge in [-0.25, -0.2) is 9.00 Å². The third-order valence-electron chi connectivity index (χ3n) is 4.36. The molecule has 1 aromatic rings. The van der Waals surface area contributed by atoms with E-state index >= 15 is 0 Å². The molecule has 1 aromatic heterocycles. The lowest BCUT2D eigenvalue weighted by atomic mass is 9.97. The number of rotatable bonds is 5. The molecular formula is C16H24F2N6O2S. The number of aryl methyl sites for hydroxylation is 2. The Kier molecular flexibility index (Phi) is 6.58. The summed E-state index contributed by atoms with van der Waals surface area (Å²) >= 11 is 0. The number of alkyl halides is 2. The van der Waals surface area contributed by atoms with Crippen LogP contribution in [0.5, 0.6) is 0 Å². The molecule has 2 heterocycles. The number of piperidine rings is 1. The molecule has 2 rings (SSSR count). The second-order valence-corrected chi connectivity index (χ2v) is 7.75. The molecule has 1 atom stereocenters. The van der Waals surface area contributed by atoms with Crippen molar-refractivity contribution in [1.82, 2.24) is 20.0 Å². The van der Waals surface area contributed by atoms with E-state index in [9.17, 15) is 17.8 Å². The van der Waals surface area contributed by atoms with Crippen LogP contribution in [0, 0.1) is 12.8 Å². The largest absolute Gasteiger partial charge is 0.405 e. The first-order valence-corrected chi connectivity index (χ1v) is 9.52. The van der Waals surface area contributed by atoms with Crippen molar-refractivity contribution in [2.45, 2.75) is 30.0 Å². The van der Waals surface area contributed by atoms with Gasteiger partial charge in [-0.05, 0) is 38.1 Å². The average molecular weight is 402 g/mol. The van der Waals surface area contributed by atoms with Gasteiger partial charge in [-0.3, -0.25) is 4.68 Å². The Morgan fingerprint density at radius 1 is 1.41 bits per heavy atom. The number of hydrogen-bond donors (Lipinski definition) is 3. The molecule has 1 fully saturated rings. The maximum Gasteiger partial charge on any atom is 0.329 e. The van der Waals surface area contributed by atoms with E-state index in [-0.39, 0.29) is 31.0 Å². The Bertz CT molecular complexity index is 769. The van der Waals surface area contributed by atoms with Gasteiger partial charge < -0.3 is 21.7 Å². The molecule has 1 saturated heterocycles. The summed E-state index contributed by atoms with van der Waals surface area (Å²) in [6.07, 6.45) is 3.90. The Hall–Kier alpha value is -2.43. The summed E-state index contributed by atoms with van der Waals surface area (Å²) in [5, 5.41) is 3.10. The van der Waals surface area contributed by atoms with Crippen LogP contribution in [0.15, 0.2) is 35.3 Å². The van der Waals surface area contributed by atoms with E-state index in [2.05, 4.69) is 10.4 Å². The fourth-order valence-electron chi connectivity index (χ4n) is 2.91. The molecule has 11 heteroatoms. The molecule has 0 saturated carbocycles. The summed E-state index contributed by atoms with van der Waals surface area (Å²) in [4.78, 5) is 13.6. The summed E-state index contributed by atoms with van der Waals surface area (Å²) in [5.41, 5.74) is 11.5. The van der Waals surface area contributed by atoms with E-state index in [4.69, 9.17) is 11.5 Å². The standard InChI is InChI=1S/C16H24F2N6O2S/c1-11-9-14(23(2)22-11)27(26)16(17,18)12-4-7-24(8-5-12)15(25)21-13(10-20)3-6-19/h3,6,9-10,12H,4-5,7-8,19-20H2,1-2H3,(H,21,25)/b6-3-,13-10+. The van der Waals surface area contributed by atoms with E-state index in [0.29, 0.717) is 11.4 Å². The van der Waals surface area contributed by atoms with Crippen molar-refractivity contribution in [2.75, 3.05) is 13.1 Å². The number of halogens is 2. The topological polar surface area (TPSA) is 119 Å². The van der Waals surface area contributed by atoms with Crippen LogP contribution in [-0.4, -0.2) is 43.3 Å². The number of likely N-dealkylation sites (tertiary alicyclic amines) is 1. The van der Waals surface area contributed by atoms with E-state index in [1.165, 1.54) is 41.2 Å². The van der Waals surface area contributed by atoms with Crippen LogP contribution in [0.3, 0.4) is 0 Å². The van der Waals surface area contributed by atoms with Crippen LogP contribution in [0.25, 0.3) is 0 Å². The Labute approximate surface area is 158 Å². The minimum atomic E-state index is -3.41. The van der Waals surface area contributed by atoms with E-state index < -0.39 is 28.0 Å². The van der Waals surface area contributed by atoms with Gasteiger partial charge in [0.05, 0.1) is 11.4 Å². The Balaban J connectivity index is 2.00. The summed E-state index contributed by atoms with van der Waals surface area (Å²) in [6.45, 7) is 1.90. The van der Waals surface area contributed by atoms with Crippen LogP contribution in [0.4, 0.5) is 13.6 Å². The number of aromatic nitrogens is 2. The molecule has 2 amide bonds. The van der Waals surface area contributed by atoms with Crippen LogP contribution in [-0.2, 0) is 17.8 Å². The Morgan fingerprint density at radius 2 is 2.04 bits per heavy atom. The van der Waals surface area contributed by atoms with Gasteiger partial charge in [0.15, 0.2) is 0 Å². The number of carbonyl (C=O) groups is 1. The lowest BCUT2D eigenvalue weighted by Gasteiger charge is -2.35. The molecule has 0 aromatic carbocycles. The minimum Gasteiger partial charge on any atom is -0.405 e. The predicted molar refractivity (Wildman–Crippen MR) is 97.7 cm³/mol. The highest BCUT2D eigenvalue weighted by Crippen LogP contribution is 2.38. The lowest BCUT2D eigenvalue weighted by Crippen LogP contribution is -2.48. The lowest BCUT2D eigenvalue weighted by molar-refractivity contribution is 0.00413. The van der Waals surface area contributed by atoms with Gasteiger partial charge in [0.2, 0.25) is 0 Å². The van der Waals surface area contributed by atoms with E-state index in [1.54, 1.807) is 6.92 Å². The number of nitrogens with two attached hydrogens (primary N) is 2. The molecule has 0 aliphatic carbocycles. The zero-order chi connectivity index (χ0) is 20.2. The monoisotopic (exact) mass is 402 g/mol. The zero-order valence-corrected chi connectivity index (χ0v) is 16.0. The van der Waals surface area contributed by atoms with Crippen LogP contribution in [0.2, 0.25) is 0 Å². The highest BCUT2D eigenvalue weighted by Gasteiger charge is 2.48. The zero-order valence-electron chi connectivity index (χ0n) is 15.2. The van der Waals surface area contributed by atoms with E-state index in [1.807, 2.05) is 0 Å². The fourth-order valence-corrected chi connectivity index (χ4v) is 4.29. The first-order chi connectivity index (χ1) is 12.7. The predicted octanol–water partition coefficient (Wildman–Crippen LogP) is 1.12. The number of allylic oxidation sites excluding steroid dienone is 1. The fraction of sp³-hybridized carbons (Fsp3) is 0.500. The van der Waals surface area contributed by atoms with Crippen LogP contribution in [0.1, 0.15) is 18.5 Å². The van der Waals surface area contributed by atoms with Crippen molar-refractivity contribution in [1.29, 1.82) is 0 Å². The molecule has 27 heavy (non-hydrogen) atoms. The highest BCUT2D eigenvalue weighted by molar-refractivity contribution is 7.86. The molecule has 1 unspecified atom stereocenters. The van der Waals surface area contributed by atoms with Gasteiger partial charge in [0.25, 0.3) is 0 Å². The molecule has 1 aliphatic rings. The van der Waals surface area contributed by atoms with Crippen molar-refractivity contribution < 1.29 is 17.8 Å². The number of carbonyl (C=O) groups excluding carboxylic acids is 1. The number of nitrogens with zero attached hydrogens (tertiary/aromatic N) is 3. The van der Waals surface area contributed by atoms with Gasteiger partial charge >= 0.3 is 11.3 Å². The van der Waals surface area contributed by atoms with Gasteiger partial charge in [-0.1, -0.05) is 0 Å². The van der Waals surface area contributed by atoms with Gasteiger partial charge in [-0.15, -0.1) is 0 Å². The maximum atomic E-state index is 14.8. The number of urea groups is 1. The SMILES string of the molecule is Cc1cc(S(=O)C(F)(F)C2CCN(C(=O)NC(/C=C\N)=C/N)CC2)n(C)n1. The molecule has 5 N–H and O–H groups in total. The van der Waals surface area contributed by atoms with Crippen LogP contribution < -0.4 is 16.8 Å². The van der Waals surface area contributed by atoms with Gasteiger partial charge in [0.1, 0.15) is 15.8 Å². The molecule has 8 nitrogen and oxygen atoms in total. The second-order valence-electron chi connectivity index (χ2n) is 6.25. The van der Waals surface area contributed by atoms with Crippen molar-refractivity contribution in [3.63, 3.8) is 0 Å². The highest BCUT2D eigenvalue weighted by atomic mass is 32.2. The van der Waals surface area contributed by atoms with Crippen LogP contribution >= 0.6 is 0 Å². The summed E-state index contributed by atoms with van der Waals surface area (Å²) in [5.74, 6) is -1.09. The number of nitrogens with one attached hydrogen (secondary N) is 1. The number of amides is 2. The molecule has 1 aliphatic heterocycles. The summed E-state index contributed by atoms with van der Waals surface area (Å²) < 4.78 is 43.2. The molecule has 0 spiro atoms. The first kappa shape index (κ1) is 20.9. The van der Waals surface area contributed by atoms with Crippen molar-refractivity contribution in [3.05, 3.63) is 35.9 Å². The van der Waals surface area contributed by atoms with Gasteiger partial charge in [-0.2, -0.15) is 13.9 Å². The Morgan fingerprint density at radius 3 is 2.52 bits per heavy atom. The second kappa shape index (κ2) is 8.51. The molecule has 0 bridgehead atoms. The normalized spacial score (nSPS) is 18.1. The average Bonchev–Trinajstić information content (AvgIpc) is 2.98. The third-order valence-corrected chi connectivity index (χ3v) is 5.95. The summed E-state index contributed by atoms with van der Waals surface area (Å²) in [6, 6.07) is 0.952. The quantitative estimate of drug-likeness (QED) is 0.638. The smallest absolute Gasteiger partial charge is 0.329 e. The molecule has 150 valence electrons. The van der Waals surface area contributed by atoms with E-state index in [0.717, 1.165) is 0 Å². The summed E-state index contributed by atoms with van der Waals surface area (Å²) in [7, 11) is -1.03. The van der Waals surface area contributed by atoms with Crippen molar-refractivity contribution >= 4 is 16.8 Å². The first-order valence-electron chi connectivity index (χ1n) is 8.37. The van der Waals surface area contributed by atoms with Gasteiger partial charge in [0, 0.05) is 32.3 Å².